The molecular weight excluding hydrogens is 182 g/mol. The molecule has 0 aromatic carbocycles. The van der Waals surface area contributed by atoms with E-state index >= 15 is 0 Å². The third-order valence-electron chi connectivity index (χ3n) is 2.37. The van der Waals surface area contributed by atoms with Gasteiger partial charge in [-0.2, -0.15) is 5.11 Å². The summed E-state index contributed by atoms with van der Waals surface area (Å²) < 4.78 is 0. The normalized spacial score (nSPS) is 16.0. The van der Waals surface area contributed by atoms with Crippen LogP contribution in [0.1, 0.15) is 33.6 Å². The summed E-state index contributed by atoms with van der Waals surface area (Å²) in [6, 6.07) is -0.858. The summed E-state index contributed by atoms with van der Waals surface area (Å²) in [4.78, 5) is 11.0. The van der Waals surface area contributed by atoms with Crippen molar-refractivity contribution in [3.63, 3.8) is 0 Å². The highest BCUT2D eigenvalue weighted by molar-refractivity contribution is 5.80. The number of aliphatic hydroxyl groups excluding tert-OH is 1. The van der Waals surface area contributed by atoms with Crippen LogP contribution in [0.2, 0.25) is 0 Å². The number of rotatable bonds is 6. The van der Waals surface area contributed by atoms with Crippen molar-refractivity contribution in [2.24, 2.45) is 16.3 Å². The van der Waals surface area contributed by atoms with Gasteiger partial charge in [0, 0.05) is 5.41 Å². The molecular formula is C9H19N3O2. The van der Waals surface area contributed by atoms with Crippen LogP contribution in [0, 0.1) is 10.9 Å². The van der Waals surface area contributed by atoms with E-state index in [4.69, 9.17) is 11.3 Å². The fourth-order valence-corrected chi connectivity index (χ4v) is 1.49. The van der Waals surface area contributed by atoms with Crippen molar-refractivity contribution in [1.29, 1.82) is 5.53 Å². The van der Waals surface area contributed by atoms with Crippen molar-refractivity contribution in [2.45, 2.75) is 45.8 Å². The Labute approximate surface area is 84.2 Å². The van der Waals surface area contributed by atoms with E-state index in [0.717, 1.165) is 0 Å². The molecule has 0 aromatic rings. The van der Waals surface area contributed by atoms with E-state index in [1.165, 1.54) is 0 Å². The summed E-state index contributed by atoms with van der Waals surface area (Å²) in [6.45, 7) is 5.41. The number of aliphatic hydroxyl groups is 1. The molecule has 0 heterocycles. The molecule has 5 nitrogen and oxygen atoms in total. The summed E-state index contributed by atoms with van der Waals surface area (Å²) in [5, 5.41) is 12.7. The first-order valence-corrected chi connectivity index (χ1v) is 4.69. The highest BCUT2D eigenvalue weighted by atomic mass is 16.3. The fourth-order valence-electron chi connectivity index (χ4n) is 1.49. The lowest BCUT2D eigenvalue weighted by molar-refractivity contribution is -0.122. The molecule has 0 saturated carbocycles. The minimum Gasteiger partial charge on any atom is -0.393 e. The molecule has 82 valence electrons. The molecule has 0 aliphatic rings. The quantitative estimate of drug-likeness (QED) is 0.560. The van der Waals surface area contributed by atoms with Gasteiger partial charge in [0.15, 0.2) is 6.04 Å². The standard InChI is InChI=1S/C9H19N3O2/c1-4-6(13)5-9(2,3)7(12-11)8(10)14/h6-7,11,13H,4-5H2,1-3H3,(H2,10,14). The van der Waals surface area contributed by atoms with Gasteiger partial charge in [-0.15, -0.1) is 0 Å². The molecule has 0 fully saturated rings. The third-order valence-corrected chi connectivity index (χ3v) is 2.37. The van der Waals surface area contributed by atoms with Crippen molar-refractivity contribution in [3.8, 4) is 0 Å². The average molecular weight is 201 g/mol. The Balaban J connectivity index is 4.56. The largest absolute Gasteiger partial charge is 0.393 e. The van der Waals surface area contributed by atoms with Crippen LogP contribution < -0.4 is 5.73 Å². The van der Waals surface area contributed by atoms with Crippen LogP contribution >= 0.6 is 0 Å². The van der Waals surface area contributed by atoms with Gasteiger partial charge in [-0.1, -0.05) is 20.8 Å². The Hall–Kier alpha value is -0.970. The number of hydrogen-bond donors (Lipinski definition) is 3. The van der Waals surface area contributed by atoms with E-state index in [9.17, 15) is 9.90 Å². The molecule has 0 aromatic heterocycles. The monoisotopic (exact) mass is 201 g/mol. The van der Waals surface area contributed by atoms with Crippen LogP contribution in [0.15, 0.2) is 5.11 Å². The van der Waals surface area contributed by atoms with E-state index in [1.807, 2.05) is 6.92 Å². The predicted octanol–water partition coefficient (Wildman–Crippen LogP) is 1.06. The van der Waals surface area contributed by atoms with Crippen LogP contribution in [-0.4, -0.2) is 23.2 Å². The van der Waals surface area contributed by atoms with Gasteiger partial charge in [-0.3, -0.25) is 4.79 Å². The molecule has 5 heteroatoms. The lowest BCUT2D eigenvalue weighted by Gasteiger charge is -2.30. The molecule has 0 radical (unpaired) electrons. The molecule has 0 aliphatic carbocycles. The van der Waals surface area contributed by atoms with Gasteiger partial charge in [-0.25, -0.2) is 5.53 Å². The first kappa shape index (κ1) is 13.0. The van der Waals surface area contributed by atoms with Crippen molar-refractivity contribution in [2.75, 3.05) is 0 Å². The van der Waals surface area contributed by atoms with E-state index < -0.39 is 23.5 Å². The molecule has 0 aliphatic heterocycles. The topological polar surface area (TPSA) is 99.5 Å². The van der Waals surface area contributed by atoms with E-state index in [1.54, 1.807) is 13.8 Å². The summed E-state index contributed by atoms with van der Waals surface area (Å²) in [7, 11) is 0. The van der Waals surface area contributed by atoms with Crippen LogP contribution in [-0.2, 0) is 4.79 Å². The second-order valence-electron chi connectivity index (χ2n) is 4.19. The Morgan fingerprint density at radius 1 is 1.64 bits per heavy atom. The minimum atomic E-state index is -0.858. The number of nitrogens with one attached hydrogen (secondary N) is 1. The predicted molar refractivity (Wildman–Crippen MR) is 52.8 cm³/mol. The summed E-state index contributed by atoms with van der Waals surface area (Å²) in [6.07, 6.45) is 0.556. The minimum absolute atomic E-state index is 0.416. The molecule has 0 bridgehead atoms. The maximum Gasteiger partial charge on any atom is 0.244 e. The SMILES string of the molecule is CCC(O)CC(C)(C)C(N=N)C(N)=O. The van der Waals surface area contributed by atoms with E-state index in [-0.39, 0.29) is 0 Å². The maximum atomic E-state index is 11.0. The van der Waals surface area contributed by atoms with Crippen molar-refractivity contribution >= 4 is 5.91 Å². The van der Waals surface area contributed by atoms with Gasteiger partial charge in [0.05, 0.1) is 6.10 Å². The summed E-state index contributed by atoms with van der Waals surface area (Å²) in [5.74, 6) is -0.617. The molecule has 4 N–H and O–H groups in total. The first-order valence-electron chi connectivity index (χ1n) is 4.69. The highest BCUT2D eigenvalue weighted by Gasteiger charge is 2.35. The van der Waals surface area contributed by atoms with Gasteiger partial charge >= 0.3 is 0 Å². The number of primary amides is 1. The Bertz CT molecular complexity index is 216. The lowest BCUT2D eigenvalue weighted by atomic mass is 9.79. The number of carbonyl (C=O) groups is 1. The second kappa shape index (κ2) is 5.05. The van der Waals surface area contributed by atoms with E-state index in [2.05, 4.69) is 5.11 Å². The van der Waals surface area contributed by atoms with Crippen molar-refractivity contribution in [3.05, 3.63) is 0 Å². The number of carbonyl (C=O) groups excluding carboxylic acids is 1. The zero-order chi connectivity index (χ0) is 11.4. The molecule has 2 unspecified atom stereocenters. The Morgan fingerprint density at radius 2 is 2.14 bits per heavy atom. The molecule has 2 atom stereocenters. The Kier molecular flexibility index (Phi) is 4.70. The van der Waals surface area contributed by atoms with Crippen molar-refractivity contribution < 1.29 is 9.90 Å². The number of hydrogen-bond acceptors (Lipinski definition) is 4. The van der Waals surface area contributed by atoms with Gasteiger partial charge in [0.1, 0.15) is 0 Å². The van der Waals surface area contributed by atoms with Crippen LogP contribution in [0.4, 0.5) is 0 Å². The van der Waals surface area contributed by atoms with Gasteiger partial charge in [0.25, 0.3) is 0 Å². The molecule has 0 rings (SSSR count). The number of nitrogens with two attached hydrogens (primary N) is 1. The molecule has 0 saturated heterocycles. The molecule has 1 amide bonds. The highest BCUT2D eigenvalue weighted by Crippen LogP contribution is 2.29. The zero-order valence-corrected chi connectivity index (χ0v) is 8.95. The van der Waals surface area contributed by atoms with Gasteiger partial charge in [-0.05, 0) is 12.8 Å². The summed E-state index contributed by atoms with van der Waals surface area (Å²) in [5.41, 5.74) is 11.4. The first-order chi connectivity index (χ1) is 6.35. The van der Waals surface area contributed by atoms with Crippen molar-refractivity contribution in [1.82, 2.24) is 0 Å². The van der Waals surface area contributed by atoms with Crippen LogP contribution in [0.3, 0.4) is 0 Å². The fraction of sp³-hybridized carbons (Fsp3) is 0.889. The second-order valence-corrected chi connectivity index (χ2v) is 4.19. The number of amides is 1. The molecule has 14 heavy (non-hydrogen) atoms. The third kappa shape index (κ3) is 3.41. The maximum absolute atomic E-state index is 11.0. The Morgan fingerprint density at radius 3 is 2.43 bits per heavy atom. The molecule has 0 spiro atoms. The average Bonchev–Trinajstić information content (AvgIpc) is 2.02. The lowest BCUT2D eigenvalue weighted by Crippen LogP contribution is -2.41. The van der Waals surface area contributed by atoms with Gasteiger partial charge < -0.3 is 10.8 Å². The van der Waals surface area contributed by atoms with Crippen LogP contribution in [0.5, 0.6) is 0 Å². The zero-order valence-electron chi connectivity index (χ0n) is 8.95. The number of nitrogens with zero attached hydrogens (tertiary/aromatic N) is 1. The summed E-state index contributed by atoms with van der Waals surface area (Å²) >= 11 is 0. The van der Waals surface area contributed by atoms with E-state index in [0.29, 0.717) is 12.8 Å². The smallest absolute Gasteiger partial charge is 0.244 e. The van der Waals surface area contributed by atoms with Crippen LogP contribution in [0.25, 0.3) is 0 Å². The van der Waals surface area contributed by atoms with Gasteiger partial charge in [0.2, 0.25) is 5.91 Å².